The average molecular weight is 633 g/mol. The van der Waals surface area contributed by atoms with Crippen LogP contribution in [0.25, 0.3) is 0 Å². The number of benzene rings is 2. The maximum Gasteiger partial charge on any atom is 0.275 e. The zero-order valence-corrected chi connectivity index (χ0v) is 28.2. The summed E-state index contributed by atoms with van der Waals surface area (Å²) in [5.74, 6) is -0.102. The fraction of sp³-hybridized carbons (Fsp3) is 0.432. The Kier molecular flexibility index (Phi) is 9.36. The van der Waals surface area contributed by atoms with Gasteiger partial charge in [0.25, 0.3) is 10.1 Å². The highest BCUT2D eigenvalue weighted by molar-refractivity contribution is 7.86. The maximum absolute atomic E-state index is 13.0. The van der Waals surface area contributed by atoms with Crippen molar-refractivity contribution in [3.8, 4) is 5.75 Å². The van der Waals surface area contributed by atoms with E-state index in [-0.39, 0.29) is 29.0 Å². The molecule has 0 spiro atoms. The van der Waals surface area contributed by atoms with Crippen LogP contribution in [0.1, 0.15) is 82.8 Å². The van der Waals surface area contributed by atoms with E-state index in [2.05, 4.69) is 34.6 Å². The molecular formula is C37H44O7S. The number of rotatable bonds is 6. The first-order valence-electron chi connectivity index (χ1n) is 15.2. The molecule has 2 aromatic rings. The van der Waals surface area contributed by atoms with Gasteiger partial charge in [-0.1, -0.05) is 89.6 Å². The summed E-state index contributed by atoms with van der Waals surface area (Å²) in [6.45, 7) is 14.4. The van der Waals surface area contributed by atoms with Gasteiger partial charge in [-0.15, -0.1) is 0 Å². The maximum atomic E-state index is 13.0. The molecule has 0 radical (unpaired) electrons. The molecule has 8 heteroatoms. The normalized spacial score (nSPS) is 25.4. The number of hydrogen-bond donors (Lipinski definition) is 1. The number of allylic oxidation sites excluding steroid dienone is 4. The Hall–Kier alpha value is -3.62. The number of ketones is 3. The van der Waals surface area contributed by atoms with Crippen molar-refractivity contribution >= 4 is 27.5 Å². The number of carbonyl (C=O) groups is 3. The van der Waals surface area contributed by atoms with E-state index in [1.54, 1.807) is 43.5 Å². The molecule has 7 nitrogen and oxygen atoms in total. The number of methoxy groups -OCH3 is 1. The zero-order chi connectivity index (χ0) is 33.5. The van der Waals surface area contributed by atoms with Gasteiger partial charge in [0.05, 0.1) is 7.11 Å². The van der Waals surface area contributed by atoms with Gasteiger partial charge in [-0.2, -0.15) is 8.42 Å². The minimum absolute atomic E-state index is 0.0525. The summed E-state index contributed by atoms with van der Waals surface area (Å²) in [4.78, 5) is 37.3. The van der Waals surface area contributed by atoms with Crippen LogP contribution >= 0.6 is 0 Å². The second-order valence-corrected chi connectivity index (χ2v) is 15.7. The predicted octanol–water partition coefficient (Wildman–Crippen LogP) is 7.07. The molecule has 0 saturated heterocycles. The summed E-state index contributed by atoms with van der Waals surface area (Å²) in [7, 11) is -2.72. The van der Waals surface area contributed by atoms with Gasteiger partial charge in [0.2, 0.25) is 11.6 Å². The van der Waals surface area contributed by atoms with Gasteiger partial charge in [0.15, 0.2) is 5.78 Å². The quantitative estimate of drug-likeness (QED) is 0.157. The van der Waals surface area contributed by atoms with Gasteiger partial charge in [0.1, 0.15) is 11.0 Å². The van der Waals surface area contributed by atoms with E-state index in [4.69, 9.17) is 4.74 Å². The SMILES string of the molecule is CC1=CC(=C2C(=O)C3(C)CCC2C3(C)C)C(S(=O)(=O)O)C=C1.COc1ccc(C(=O)C(=O)Cc2ccc(C(C)(C)C)cc2)cc1. The van der Waals surface area contributed by atoms with E-state index < -0.39 is 32.3 Å². The van der Waals surface area contributed by atoms with Crippen LogP contribution in [0.15, 0.2) is 83.5 Å². The molecule has 1 N–H and O–H groups in total. The van der Waals surface area contributed by atoms with Crippen molar-refractivity contribution in [2.24, 2.45) is 16.7 Å². The van der Waals surface area contributed by atoms with Crippen LogP contribution in [-0.4, -0.2) is 42.7 Å². The summed E-state index contributed by atoms with van der Waals surface area (Å²) in [6.07, 6.45) is 6.74. The van der Waals surface area contributed by atoms with Gasteiger partial charge >= 0.3 is 0 Å². The number of hydrogen-bond acceptors (Lipinski definition) is 6. The molecule has 5 rings (SSSR count). The van der Waals surface area contributed by atoms with E-state index in [0.29, 0.717) is 22.5 Å². The van der Waals surface area contributed by atoms with Crippen LogP contribution in [0.5, 0.6) is 5.75 Å². The summed E-state index contributed by atoms with van der Waals surface area (Å²) in [5.41, 5.74) is 3.87. The number of fused-ring (bicyclic) bond motifs is 2. The largest absolute Gasteiger partial charge is 0.497 e. The van der Waals surface area contributed by atoms with Crippen molar-refractivity contribution in [1.82, 2.24) is 0 Å². The third-order valence-corrected chi connectivity index (χ3v) is 11.0. The molecule has 2 bridgehead atoms. The van der Waals surface area contributed by atoms with Crippen molar-refractivity contribution in [2.45, 2.75) is 78.4 Å². The summed E-state index contributed by atoms with van der Waals surface area (Å²) in [5, 5.41) is -1.13. The molecule has 3 aliphatic carbocycles. The van der Waals surface area contributed by atoms with Crippen molar-refractivity contribution in [3.05, 3.63) is 100 Å². The highest BCUT2D eigenvalue weighted by atomic mass is 32.2. The Bertz CT molecular complexity index is 1700. The lowest BCUT2D eigenvalue weighted by Gasteiger charge is -2.31. The standard InChI is InChI=1S/C20H22O3.C17H22O4S/c1-20(2,3)16-9-5-14(6-10-16)13-18(21)19(22)15-7-11-17(23-4)12-8-15;1-10-5-6-13(22(19,20)21)11(9-10)14-12-7-8-17(4,15(14)18)16(12,2)3/h5-12H,13H2,1-4H3;5-6,9,12-13H,7-8H2,1-4H3,(H,19,20,21). The van der Waals surface area contributed by atoms with Crippen LogP contribution in [0, 0.1) is 16.7 Å². The second-order valence-electron chi connectivity index (χ2n) is 14.1. The molecule has 3 aliphatic rings. The van der Waals surface area contributed by atoms with E-state index >= 15 is 0 Å². The highest BCUT2D eigenvalue weighted by Gasteiger charge is 2.64. The summed E-state index contributed by atoms with van der Waals surface area (Å²) in [6, 6.07) is 14.4. The number of carbonyl (C=O) groups excluding carboxylic acids is 3. The molecule has 0 heterocycles. The highest BCUT2D eigenvalue weighted by Crippen LogP contribution is 2.66. The molecule has 0 aliphatic heterocycles. The molecular weight excluding hydrogens is 588 g/mol. The third kappa shape index (κ3) is 6.68. The van der Waals surface area contributed by atoms with E-state index in [9.17, 15) is 27.4 Å². The van der Waals surface area contributed by atoms with E-state index in [1.807, 2.05) is 38.1 Å². The van der Waals surface area contributed by atoms with Gasteiger partial charge < -0.3 is 4.74 Å². The smallest absolute Gasteiger partial charge is 0.275 e. The van der Waals surface area contributed by atoms with Crippen LogP contribution in [0.4, 0.5) is 0 Å². The summed E-state index contributed by atoms with van der Waals surface area (Å²) < 4.78 is 38.1. The van der Waals surface area contributed by atoms with Crippen LogP contribution in [0.2, 0.25) is 0 Å². The van der Waals surface area contributed by atoms with Gasteiger partial charge in [0, 0.05) is 23.0 Å². The fourth-order valence-electron chi connectivity index (χ4n) is 6.70. The molecule has 240 valence electrons. The Morgan fingerprint density at radius 2 is 1.60 bits per heavy atom. The molecule has 2 fully saturated rings. The molecule has 2 aromatic carbocycles. The minimum Gasteiger partial charge on any atom is -0.497 e. The Balaban J connectivity index is 0.000000205. The lowest BCUT2D eigenvalue weighted by molar-refractivity contribution is -0.125. The second kappa shape index (κ2) is 12.3. The number of ether oxygens (including phenoxy) is 1. The Morgan fingerprint density at radius 3 is 2.09 bits per heavy atom. The topological polar surface area (TPSA) is 115 Å². The van der Waals surface area contributed by atoms with Crippen LogP contribution in [0.3, 0.4) is 0 Å². The molecule has 2 saturated carbocycles. The lowest BCUT2D eigenvalue weighted by Crippen LogP contribution is -2.33. The number of Topliss-reactive ketones (excluding diaryl/α,β-unsaturated/α-hetero) is 3. The average Bonchev–Trinajstić information content (AvgIpc) is 3.28. The third-order valence-electron chi connectivity index (χ3n) is 9.97. The van der Waals surface area contributed by atoms with E-state index in [0.717, 1.165) is 24.0 Å². The van der Waals surface area contributed by atoms with Crippen LogP contribution < -0.4 is 4.74 Å². The molecule has 3 unspecified atom stereocenters. The summed E-state index contributed by atoms with van der Waals surface area (Å²) >= 11 is 0. The zero-order valence-electron chi connectivity index (χ0n) is 27.4. The first kappa shape index (κ1) is 34.3. The first-order chi connectivity index (χ1) is 20.8. The molecule has 45 heavy (non-hydrogen) atoms. The monoisotopic (exact) mass is 632 g/mol. The van der Waals surface area contributed by atoms with Crippen molar-refractivity contribution < 1.29 is 32.1 Å². The van der Waals surface area contributed by atoms with Crippen molar-refractivity contribution in [1.29, 1.82) is 0 Å². The minimum atomic E-state index is -4.27. The Labute approximate surface area is 267 Å². The molecule has 0 aromatic heterocycles. The van der Waals surface area contributed by atoms with Gasteiger partial charge in [-0.25, -0.2) is 0 Å². The predicted molar refractivity (Wildman–Crippen MR) is 176 cm³/mol. The molecule has 3 atom stereocenters. The van der Waals surface area contributed by atoms with Crippen LogP contribution in [-0.2, 0) is 31.5 Å². The van der Waals surface area contributed by atoms with Gasteiger partial charge in [-0.05, 0) is 77.5 Å². The fourth-order valence-corrected chi connectivity index (χ4v) is 7.49. The lowest BCUT2D eigenvalue weighted by atomic mass is 9.70. The van der Waals surface area contributed by atoms with E-state index in [1.165, 1.54) is 11.6 Å². The van der Waals surface area contributed by atoms with Gasteiger partial charge in [-0.3, -0.25) is 18.9 Å². The van der Waals surface area contributed by atoms with Crippen molar-refractivity contribution in [3.63, 3.8) is 0 Å². The first-order valence-corrected chi connectivity index (χ1v) is 16.7. The Morgan fingerprint density at radius 1 is 1.00 bits per heavy atom. The van der Waals surface area contributed by atoms with Crippen molar-refractivity contribution in [2.75, 3.05) is 7.11 Å². The molecule has 0 amide bonds.